The maximum atomic E-state index is 13.5. The number of fused-ring (bicyclic) bond motifs is 4. The summed E-state index contributed by atoms with van der Waals surface area (Å²) in [6.45, 7) is 2.10. The zero-order valence-corrected chi connectivity index (χ0v) is 27.4. The van der Waals surface area contributed by atoms with E-state index in [0.29, 0.717) is 65.3 Å². The fourth-order valence-corrected chi connectivity index (χ4v) is 6.17. The number of benzene rings is 2. The lowest BCUT2D eigenvalue weighted by atomic mass is 9.95. The van der Waals surface area contributed by atoms with Crippen molar-refractivity contribution in [1.29, 1.82) is 0 Å². The number of carbonyl (C=O) groups is 2. The molecule has 4 N–H and O–H groups in total. The average molecular weight is 658 g/mol. The Labute approximate surface area is 276 Å². The Bertz CT molecular complexity index is 2040. The topological polar surface area (TPSA) is 170 Å². The molecule has 0 spiro atoms. The van der Waals surface area contributed by atoms with E-state index in [0.717, 1.165) is 16.7 Å². The van der Waals surface area contributed by atoms with Gasteiger partial charge in [0.05, 0.1) is 44.1 Å². The summed E-state index contributed by atoms with van der Waals surface area (Å²) < 4.78 is 18.4. The van der Waals surface area contributed by atoms with Gasteiger partial charge in [-0.05, 0) is 66.3 Å². The zero-order valence-electron chi connectivity index (χ0n) is 27.4. The van der Waals surface area contributed by atoms with Gasteiger partial charge in [0.15, 0.2) is 11.5 Å². The van der Waals surface area contributed by atoms with Gasteiger partial charge in [0.25, 0.3) is 0 Å². The normalized spacial score (nSPS) is 13.5. The molecule has 0 bridgehead atoms. The molecule has 252 valence electrons. The van der Waals surface area contributed by atoms with E-state index in [2.05, 4.69) is 20.9 Å². The van der Waals surface area contributed by atoms with Crippen LogP contribution in [0.1, 0.15) is 43.4 Å². The monoisotopic (exact) mass is 657 g/mol. The van der Waals surface area contributed by atoms with Gasteiger partial charge in [0.2, 0.25) is 23.0 Å². The van der Waals surface area contributed by atoms with Gasteiger partial charge < -0.3 is 39.7 Å². The number of aromatic nitrogens is 2. The fraction of sp³-hybridized carbons (Fsp3) is 0.343. The largest absolute Gasteiger partial charge is 0.493 e. The van der Waals surface area contributed by atoms with Crippen molar-refractivity contribution in [2.75, 3.05) is 39.7 Å². The number of anilines is 1. The first kappa shape index (κ1) is 33.8. The SMILES string of the molecule is COc1cc2c(c(OC)c1OC)-c1ccc(NCCCC(=O)NCCn3c(=O)c(=O)[nH]c4ccccc43)c(=O)cc1C(NC(C)=O)CC2. The Morgan fingerprint density at radius 1 is 0.958 bits per heavy atom. The molecule has 0 saturated heterocycles. The number of rotatable bonds is 12. The van der Waals surface area contributed by atoms with Gasteiger partial charge in [-0.15, -0.1) is 0 Å². The second kappa shape index (κ2) is 14.9. The van der Waals surface area contributed by atoms with E-state index in [1.54, 1.807) is 44.6 Å². The van der Waals surface area contributed by atoms with Crippen molar-refractivity contribution in [3.05, 3.63) is 90.6 Å². The maximum absolute atomic E-state index is 13.5. The first-order valence-corrected chi connectivity index (χ1v) is 15.7. The number of carbonyl (C=O) groups excluding carboxylic acids is 2. The summed E-state index contributed by atoms with van der Waals surface area (Å²) in [5.74, 6) is 0.964. The minimum atomic E-state index is -0.719. The highest BCUT2D eigenvalue weighted by molar-refractivity contribution is 5.84. The van der Waals surface area contributed by atoms with Crippen molar-refractivity contribution in [3.8, 4) is 28.4 Å². The highest BCUT2D eigenvalue weighted by atomic mass is 16.5. The van der Waals surface area contributed by atoms with E-state index in [-0.39, 0.29) is 36.8 Å². The summed E-state index contributed by atoms with van der Waals surface area (Å²) in [6, 6.07) is 13.5. The van der Waals surface area contributed by atoms with E-state index >= 15 is 0 Å². The van der Waals surface area contributed by atoms with E-state index in [9.17, 15) is 24.0 Å². The molecule has 1 aromatic heterocycles. The second-order valence-corrected chi connectivity index (χ2v) is 11.4. The quantitative estimate of drug-likeness (QED) is 0.132. The van der Waals surface area contributed by atoms with Crippen LogP contribution in [0.4, 0.5) is 5.69 Å². The van der Waals surface area contributed by atoms with E-state index in [1.165, 1.54) is 24.7 Å². The highest BCUT2D eigenvalue weighted by Gasteiger charge is 2.29. The van der Waals surface area contributed by atoms with Crippen molar-refractivity contribution < 1.29 is 23.8 Å². The van der Waals surface area contributed by atoms with Crippen molar-refractivity contribution in [2.24, 2.45) is 0 Å². The Morgan fingerprint density at radius 3 is 2.46 bits per heavy atom. The Morgan fingerprint density at radius 2 is 1.73 bits per heavy atom. The van der Waals surface area contributed by atoms with Crippen LogP contribution in [0, 0.1) is 0 Å². The molecule has 13 heteroatoms. The number of nitrogens with zero attached hydrogens (tertiary/aromatic N) is 1. The molecule has 3 aromatic carbocycles. The molecule has 4 aromatic rings. The Hall–Kier alpha value is -5.59. The molecular formula is C35H39N5O8. The number of aromatic amines is 1. The molecule has 0 fully saturated rings. The number of methoxy groups -OCH3 is 3. The summed E-state index contributed by atoms with van der Waals surface area (Å²) in [7, 11) is 4.63. The lowest BCUT2D eigenvalue weighted by molar-refractivity contribution is -0.121. The van der Waals surface area contributed by atoms with Gasteiger partial charge in [-0.2, -0.15) is 0 Å². The predicted octanol–water partition coefficient (Wildman–Crippen LogP) is 2.87. The maximum Gasteiger partial charge on any atom is 0.316 e. The van der Waals surface area contributed by atoms with Crippen LogP contribution >= 0.6 is 0 Å². The minimum absolute atomic E-state index is 0.143. The zero-order chi connectivity index (χ0) is 34.4. The molecule has 5 rings (SSSR count). The molecule has 0 radical (unpaired) electrons. The third-order valence-electron chi connectivity index (χ3n) is 8.35. The molecule has 1 aliphatic rings. The Kier molecular flexibility index (Phi) is 10.5. The molecule has 48 heavy (non-hydrogen) atoms. The summed E-state index contributed by atoms with van der Waals surface area (Å²) in [5.41, 5.74) is 2.84. The predicted molar refractivity (Wildman–Crippen MR) is 182 cm³/mol. The van der Waals surface area contributed by atoms with E-state index in [4.69, 9.17) is 14.2 Å². The molecule has 1 aliphatic carbocycles. The average Bonchev–Trinajstić information content (AvgIpc) is 3.31. The molecule has 2 amide bonds. The first-order chi connectivity index (χ1) is 23.2. The highest BCUT2D eigenvalue weighted by Crippen LogP contribution is 2.50. The van der Waals surface area contributed by atoms with Gasteiger partial charge in [-0.1, -0.05) is 18.2 Å². The van der Waals surface area contributed by atoms with E-state index < -0.39 is 17.2 Å². The third kappa shape index (κ3) is 7.04. The van der Waals surface area contributed by atoms with Crippen LogP contribution in [0.2, 0.25) is 0 Å². The summed E-state index contributed by atoms with van der Waals surface area (Å²) in [5, 5.41) is 8.94. The first-order valence-electron chi connectivity index (χ1n) is 15.7. The number of H-pyrrole nitrogens is 1. The lowest BCUT2D eigenvalue weighted by Crippen LogP contribution is -2.39. The number of ether oxygens (including phenoxy) is 3. The van der Waals surface area contributed by atoms with Crippen molar-refractivity contribution in [3.63, 3.8) is 0 Å². The number of hydrogen-bond acceptors (Lipinski definition) is 9. The molecule has 1 unspecified atom stereocenters. The van der Waals surface area contributed by atoms with Crippen LogP contribution in [0.25, 0.3) is 22.2 Å². The number of para-hydroxylation sites is 2. The van der Waals surface area contributed by atoms with Crippen LogP contribution in [0.3, 0.4) is 0 Å². The number of nitrogens with one attached hydrogen (secondary N) is 4. The fourth-order valence-electron chi connectivity index (χ4n) is 6.17. The lowest BCUT2D eigenvalue weighted by Gasteiger charge is -2.19. The number of hydrogen-bond donors (Lipinski definition) is 4. The minimum Gasteiger partial charge on any atom is -0.493 e. The summed E-state index contributed by atoms with van der Waals surface area (Å²) in [4.78, 5) is 65.2. The van der Waals surface area contributed by atoms with Crippen LogP contribution in [0.15, 0.2) is 62.9 Å². The van der Waals surface area contributed by atoms with Crippen LogP contribution < -0.4 is 46.7 Å². The summed E-state index contributed by atoms with van der Waals surface area (Å²) in [6.07, 6.45) is 1.75. The van der Waals surface area contributed by atoms with Crippen LogP contribution in [-0.2, 0) is 22.6 Å². The van der Waals surface area contributed by atoms with Crippen LogP contribution in [0.5, 0.6) is 17.2 Å². The van der Waals surface area contributed by atoms with Gasteiger partial charge in [-0.25, -0.2) is 0 Å². The van der Waals surface area contributed by atoms with Crippen molar-refractivity contribution >= 4 is 28.5 Å². The molecule has 1 atom stereocenters. The van der Waals surface area contributed by atoms with Crippen LogP contribution in [-0.4, -0.2) is 55.8 Å². The molecule has 1 heterocycles. The van der Waals surface area contributed by atoms with Gasteiger partial charge in [0.1, 0.15) is 0 Å². The van der Waals surface area contributed by atoms with Crippen molar-refractivity contribution in [2.45, 2.75) is 45.2 Å². The molecule has 0 aliphatic heterocycles. The second-order valence-electron chi connectivity index (χ2n) is 11.4. The molecule has 13 nitrogen and oxygen atoms in total. The van der Waals surface area contributed by atoms with Gasteiger partial charge >= 0.3 is 11.1 Å². The molecule has 0 saturated carbocycles. The summed E-state index contributed by atoms with van der Waals surface area (Å²) >= 11 is 0. The third-order valence-corrected chi connectivity index (χ3v) is 8.35. The number of aryl methyl sites for hydroxylation is 1. The molecular weight excluding hydrogens is 618 g/mol. The van der Waals surface area contributed by atoms with Gasteiger partial charge in [-0.3, -0.25) is 24.0 Å². The smallest absolute Gasteiger partial charge is 0.316 e. The standard InChI is InChI=1S/C35H39N5O8/c1-20(41)38-24-13-11-21-18-29(46-2)32(47-3)33(48-4)31(21)22-12-14-26(28(42)19-23(22)24)36-15-7-10-30(43)37-16-17-40-27-9-6-5-8-25(27)39-34(44)35(40)45/h5-6,8-9,12,14,18-19,24H,7,10-11,13,15-17H2,1-4H3,(H,36,42)(H,37,43)(H,38,41)(H,39,44). The van der Waals surface area contributed by atoms with E-state index in [1.807, 2.05) is 12.1 Å². The van der Waals surface area contributed by atoms with Gasteiger partial charge in [0, 0.05) is 38.5 Å². The van der Waals surface area contributed by atoms with Crippen molar-refractivity contribution in [1.82, 2.24) is 20.2 Å². The Balaban J connectivity index is 1.30. The number of amides is 2.